The Morgan fingerprint density at radius 3 is 2.25 bits per heavy atom. The smallest absolute Gasteiger partial charge is 0.183 e. The van der Waals surface area contributed by atoms with Gasteiger partial charge in [0.25, 0.3) is 0 Å². The van der Waals surface area contributed by atoms with Crippen molar-refractivity contribution in [2.45, 2.75) is 6.29 Å². The number of hydrogen-bond donors (Lipinski definition) is 2. The van der Waals surface area contributed by atoms with E-state index in [4.69, 9.17) is 19.7 Å². The maximum atomic E-state index is 9.17. The summed E-state index contributed by atoms with van der Waals surface area (Å²) in [7, 11) is 0. The zero-order valence-electron chi connectivity index (χ0n) is 8.87. The van der Waals surface area contributed by atoms with Gasteiger partial charge in [-0.25, -0.2) is 0 Å². The lowest BCUT2D eigenvalue weighted by Crippen LogP contribution is -2.44. The van der Waals surface area contributed by atoms with E-state index in [9.17, 15) is 0 Å². The largest absolute Gasteiger partial charge is 0.396 e. The summed E-state index contributed by atoms with van der Waals surface area (Å²) in [5, 5.41) is 18.3. The fraction of sp³-hybridized carbons (Fsp3) is 0.545. The second-order valence-corrected chi connectivity index (χ2v) is 4.05. The van der Waals surface area contributed by atoms with Crippen LogP contribution in [0.4, 0.5) is 0 Å². The van der Waals surface area contributed by atoms with Gasteiger partial charge in [-0.1, -0.05) is 0 Å². The third-order valence-corrected chi connectivity index (χ3v) is 2.73. The highest BCUT2D eigenvalue weighted by atomic mass is 16.7. The van der Waals surface area contributed by atoms with E-state index in [-0.39, 0.29) is 26.4 Å². The van der Waals surface area contributed by atoms with Crippen LogP contribution in [0, 0.1) is 5.41 Å². The lowest BCUT2D eigenvalue weighted by molar-refractivity contribution is -0.248. The van der Waals surface area contributed by atoms with Crippen LogP contribution in [0.25, 0.3) is 0 Å². The fourth-order valence-corrected chi connectivity index (χ4v) is 1.54. The Morgan fingerprint density at radius 1 is 1.19 bits per heavy atom. The highest BCUT2D eigenvalue weighted by Crippen LogP contribution is 2.30. The molecule has 5 heteroatoms. The molecular weight excluding hydrogens is 210 g/mol. The molecule has 0 bridgehead atoms. The Labute approximate surface area is 93.7 Å². The van der Waals surface area contributed by atoms with Gasteiger partial charge in [-0.15, -0.1) is 0 Å². The molecule has 5 nitrogen and oxygen atoms in total. The van der Waals surface area contributed by atoms with Crippen molar-refractivity contribution in [1.82, 2.24) is 4.98 Å². The van der Waals surface area contributed by atoms with Gasteiger partial charge >= 0.3 is 0 Å². The van der Waals surface area contributed by atoms with Crippen LogP contribution in [0.15, 0.2) is 24.5 Å². The Balaban J connectivity index is 2.00. The third-order valence-electron chi connectivity index (χ3n) is 2.73. The van der Waals surface area contributed by atoms with Crippen LogP contribution in [-0.2, 0) is 9.47 Å². The number of nitrogens with zero attached hydrogens (tertiary/aromatic N) is 1. The summed E-state index contributed by atoms with van der Waals surface area (Å²) >= 11 is 0. The predicted octanol–water partition coefficient (Wildman–Crippen LogP) is 0.0980. The van der Waals surface area contributed by atoms with Crippen LogP contribution in [0.3, 0.4) is 0 Å². The van der Waals surface area contributed by atoms with E-state index in [0.29, 0.717) is 0 Å². The zero-order chi connectivity index (χ0) is 11.4. The van der Waals surface area contributed by atoms with E-state index in [1.165, 1.54) is 0 Å². The maximum absolute atomic E-state index is 9.17. The first-order chi connectivity index (χ1) is 7.79. The SMILES string of the molecule is OCC1(CO)COC(c2ccncc2)OC1. The summed E-state index contributed by atoms with van der Waals surface area (Å²) < 4.78 is 11.0. The van der Waals surface area contributed by atoms with E-state index >= 15 is 0 Å². The molecule has 0 radical (unpaired) electrons. The van der Waals surface area contributed by atoms with Crippen LogP contribution >= 0.6 is 0 Å². The summed E-state index contributed by atoms with van der Waals surface area (Å²) in [4.78, 5) is 3.91. The number of aliphatic hydroxyl groups is 2. The van der Waals surface area contributed by atoms with Gasteiger partial charge in [0.05, 0.1) is 31.8 Å². The molecule has 0 aliphatic carbocycles. The third kappa shape index (κ3) is 2.22. The fourth-order valence-electron chi connectivity index (χ4n) is 1.54. The topological polar surface area (TPSA) is 71.8 Å². The van der Waals surface area contributed by atoms with Crippen molar-refractivity contribution < 1.29 is 19.7 Å². The van der Waals surface area contributed by atoms with Gasteiger partial charge in [0.1, 0.15) is 0 Å². The molecule has 1 aliphatic heterocycles. The standard InChI is InChI=1S/C11H15NO4/c13-5-11(6-14)7-15-10(16-8-11)9-1-3-12-4-2-9/h1-4,10,13-14H,5-8H2. The van der Waals surface area contributed by atoms with Gasteiger partial charge in [0.2, 0.25) is 0 Å². The van der Waals surface area contributed by atoms with E-state index in [1.807, 2.05) is 12.1 Å². The number of pyridine rings is 1. The summed E-state index contributed by atoms with van der Waals surface area (Å²) in [5.41, 5.74) is 0.211. The van der Waals surface area contributed by atoms with Gasteiger partial charge in [-0.3, -0.25) is 4.98 Å². The second kappa shape index (κ2) is 4.88. The van der Waals surface area contributed by atoms with Gasteiger partial charge < -0.3 is 19.7 Å². The first kappa shape index (κ1) is 11.5. The maximum Gasteiger partial charge on any atom is 0.183 e. The molecule has 1 fully saturated rings. The highest BCUT2D eigenvalue weighted by molar-refractivity contribution is 5.11. The van der Waals surface area contributed by atoms with Crippen molar-refractivity contribution in [2.24, 2.45) is 5.41 Å². The Morgan fingerprint density at radius 2 is 1.75 bits per heavy atom. The minimum atomic E-state index is -0.677. The molecule has 0 atom stereocenters. The number of aliphatic hydroxyl groups excluding tert-OH is 2. The van der Waals surface area contributed by atoms with Crippen molar-refractivity contribution in [1.29, 1.82) is 0 Å². The van der Waals surface area contributed by atoms with Crippen molar-refractivity contribution in [2.75, 3.05) is 26.4 Å². The molecule has 0 saturated carbocycles. The van der Waals surface area contributed by atoms with E-state index in [1.54, 1.807) is 12.4 Å². The molecule has 0 spiro atoms. The first-order valence-corrected chi connectivity index (χ1v) is 5.14. The van der Waals surface area contributed by atoms with E-state index in [0.717, 1.165) is 5.56 Å². The summed E-state index contributed by atoms with van der Waals surface area (Å²) in [6.45, 7) is 0.277. The van der Waals surface area contributed by atoms with Crippen molar-refractivity contribution in [3.8, 4) is 0 Å². The minimum Gasteiger partial charge on any atom is -0.396 e. The normalized spacial score (nSPS) is 20.9. The molecule has 0 aromatic carbocycles. The summed E-state index contributed by atoms with van der Waals surface area (Å²) in [6.07, 6.45) is 2.90. The number of aromatic nitrogens is 1. The summed E-state index contributed by atoms with van der Waals surface area (Å²) in [6, 6.07) is 3.63. The Bertz CT molecular complexity index is 316. The molecule has 16 heavy (non-hydrogen) atoms. The van der Waals surface area contributed by atoms with Crippen molar-refractivity contribution in [3.63, 3.8) is 0 Å². The van der Waals surface area contributed by atoms with Gasteiger partial charge in [-0.2, -0.15) is 0 Å². The highest BCUT2D eigenvalue weighted by Gasteiger charge is 2.36. The molecular formula is C11H15NO4. The number of rotatable bonds is 3. The lowest BCUT2D eigenvalue weighted by Gasteiger charge is -2.37. The van der Waals surface area contributed by atoms with Crippen molar-refractivity contribution in [3.05, 3.63) is 30.1 Å². The molecule has 1 aromatic heterocycles. The molecule has 88 valence electrons. The van der Waals surface area contributed by atoms with Gasteiger partial charge in [0, 0.05) is 18.0 Å². The zero-order valence-corrected chi connectivity index (χ0v) is 8.87. The molecule has 2 rings (SSSR count). The molecule has 2 N–H and O–H groups in total. The minimum absolute atomic E-state index is 0.146. The van der Waals surface area contributed by atoms with Crippen LogP contribution in [0.2, 0.25) is 0 Å². The van der Waals surface area contributed by atoms with Crippen LogP contribution in [0.5, 0.6) is 0 Å². The average molecular weight is 225 g/mol. The molecule has 2 heterocycles. The quantitative estimate of drug-likeness (QED) is 0.763. The van der Waals surface area contributed by atoms with Crippen LogP contribution in [0.1, 0.15) is 11.9 Å². The average Bonchev–Trinajstić information content (AvgIpc) is 2.40. The molecule has 0 amide bonds. The molecule has 1 saturated heterocycles. The van der Waals surface area contributed by atoms with Crippen molar-refractivity contribution >= 4 is 0 Å². The number of hydrogen-bond acceptors (Lipinski definition) is 5. The molecule has 1 aliphatic rings. The Hall–Kier alpha value is -1.01. The molecule has 0 unspecified atom stereocenters. The molecule has 1 aromatic rings. The first-order valence-electron chi connectivity index (χ1n) is 5.14. The van der Waals surface area contributed by atoms with Crippen LogP contribution in [-0.4, -0.2) is 41.6 Å². The summed E-state index contributed by atoms with van der Waals surface area (Å²) in [5.74, 6) is 0. The van der Waals surface area contributed by atoms with Gasteiger partial charge in [0.15, 0.2) is 6.29 Å². The monoisotopic (exact) mass is 225 g/mol. The van der Waals surface area contributed by atoms with E-state index in [2.05, 4.69) is 4.98 Å². The van der Waals surface area contributed by atoms with Gasteiger partial charge in [-0.05, 0) is 12.1 Å². The Kier molecular flexibility index (Phi) is 3.50. The second-order valence-electron chi connectivity index (χ2n) is 4.05. The van der Waals surface area contributed by atoms with E-state index < -0.39 is 11.7 Å². The lowest BCUT2D eigenvalue weighted by atomic mass is 9.91. The number of ether oxygens (including phenoxy) is 2. The predicted molar refractivity (Wildman–Crippen MR) is 55.5 cm³/mol. The van der Waals surface area contributed by atoms with Crippen LogP contribution < -0.4 is 0 Å².